The molecule has 3 aromatic rings. The Morgan fingerprint density at radius 3 is 2.62 bits per heavy atom. The van der Waals surface area contributed by atoms with E-state index in [2.05, 4.69) is 11.1 Å². The van der Waals surface area contributed by atoms with Crippen molar-refractivity contribution in [1.82, 2.24) is 4.98 Å². The highest BCUT2D eigenvalue weighted by atomic mass is 35.5. The van der Waals surface area contributed by atoms with Crippen molar-refractivity contribution in [2.45, 2.75) is 6.92 Å². The standard InChI is InChI=1S/C19H14ClN3O/c1-11-5-6-18(24)15(7-11)17-9-14(16(10-21)19(22)23-17)12-3-2-4-13(20)8-12/h2-9,24H,1H3,(H2,22,23). The van der Waals surface area contributed by atoms with E-state index in [1.54, 1.807) is 30.3 Å². The van der Waals surface area contributed by atoms with Crippen LogP contribution in [0.2, 0.25) is 5.02 Å². The number of phenols is 1. The summed E-state index contributed by atoms with van der Waals surface area (Å²) in [6.07, 6.45) is 0. The number of nitriles is 1. The topological polar surface area (TPSA) is 82.9 Å². The Morgan fingerprint density at radius 1 is 1.12 bits per heavy atom. The van der Waals surface area contributed by atoms with Gasteiger partial charge in [-0.1, -0.05) is 35.4 Å². The van der Waals surface area contributed by atoms with E-state index < -0.39 is 0 Å². The lowest BCUT2D eigenvalue weighted by atomic mass is 9.97. The third-order valence-electron chi connectivity index (χ3n) is 3.72. The first kappa shape index (κ1) is 15.9. The van der Waals surface area contributed by atoms with Crippen LogP contribution in [0, 0.1) is 18.3 Å². The van der Waals surface area contributed by atoms with Crippen molar-refractivity contribution in [2.75, 3.05) is 5.73 Å². The molecule has 1 heterocycles. The van der Waals surface area contributed by atoms with E-state index in [0.717, 1.165) is 11.1 Å². The van der Waals surface area contributed by atoms with Gasteiger partial charge >= 0.3 is 0 Å². The predicted octanol–water partition coefficient (Wildman–Crippen LogP) is 4.54. The fraction of sp³-hybridized carbons (Fsp3) is 0.0526. The average Bonchev–Trinajstić information content (AvgIpc) is 2.56. The monoisotopic (exact) mass is 335 g/mol. The lowest BCUT2D eigenvalue weighted by molar-refractivity contribution is 0.477. The van der Waals surface area contributed by atoms with Gasteiger partial charge in [0.25, 0.3) is 0 Å². The van der Waals surface area contributed by atoms with Crippen LogP contribution >= 0.6 is 11.6 Å². The van der Waals surface area contributed by atoms with E-state index in [4.69, 9.17) is 17.3 Å². The summed E-state index contributed by atoms with van der Waals surface area (Å²) in [6, 6.07) is 16.3. The molecule has 2 aromatic carbocycles. The maximum absolute atomic E-state index is 10.1. The van der Waals surface area contributed by atoms with Gasteiger partial charge in [0, 0.05) is 16.1 Å². The zero-order chi connectivity index (χ0) is 17.3. The van der Waals surface area contributed by atoms with Crippen molar-refractivity contribution in [2.24, 2.45) is 0 Å². The summed E-state index contributed by atoms with van der Waals surface area (Å²) < 4.78 is 0. The number of nitrogen functional groups attached to an aromatic ring is 1. The van der Waals surface area contributed by atoms with Crippen LogP contribution in [-0.2, 0) is 0 Å². The molecule has 4 nitrogen and oxygen atoms in total. The van der Waals surface area contributed by atoms with Crippen LogP contribution < -0.4 is 5.73 Å². The molecule has 3 N–H and O–H groups in total. The Balaban J connectivity index is 2.28. The van der Waals surface area contributed by atoms with E-state index >= 15 is 0 Å². The summed E-state index contributed by atoms with van der Waals surface area (Å²) in [6.45, 7) is 1.92. The Bertz CT molecular complexity index is 977. The quantitative estimate of drug-likeness (QED) is 0.720. The first-order chi connectivity index (χ1) is 11.5. The summed E-state index contributed by atoms with van der Waals surface area (Å²) in [4.78, 5) is 4.29. The number of nitrogens with two attached hydrogens (primary N) is 1. The molecule has 1 aromatic heterocycles. The molecule has 0 atom stereocenters. The smallest absolute Gasteiger partial charge is 0.142 e. The fourth-order valence-electron chi connectivity index (χ4n) is 2.56. The molecule has 0 amide bonds. The number of aromatic hydroxyl groups is 1. The normalized spacial score (nSPS) is 10.4. The van der Waals surface area contributed by atoms with Crippen LogP contribution in [0.15, 0.2) is 48.5 Å². The molecule has 5 heteroatoms. The van der Waals surface area contributed by atoms with Gasteiger partial charge in [0.2, 0.25) is 0 Å². The maximum Gasteiger partial charge on any atom is 0.142 e. The summed E-state index contributed by atoms with van der Waals surface area (Å²) in [7, 11) is 0. The number of aromatic nitrogens is 1. The van der Waals surface area contributed by atoms with Gasteiger partial charge in [0.05, 0.1) is 5.69 Å². The summed E-state index contributed by atoms with van der Waals surface area (Å²) in [5.74, 6) is 0.222. The molecule has 0 saturated heterocycles. The minimum atomic E-state index is 0.106. The Kier molecular flexibility index (Phi) is 4.11. The van der Waals surface area contributed by atoms with Gasteiger partial charge in [0.15, 0.2) is 0 Å². The van der Waals surface area contributed by atoms with E-state index in [-0.39, 0.29) is 17.1 Å². The van der Waals surface area contributed by atoms with Gasteiger partial charge in [-0.15, -0.1) is 0 Å². The van der Waals surface area contributed by atoms with Crippen molar-refractivity contribution in [1.29, 1.82) is 5.26 Å². The third-order valence-corrected chi connectivity index (χ3v) is 3.96. The fourth-order valence-corrected chi connectivity index (χ4v) is 2.75. The Labute approximate surface area is 144 Å². The number of nitrogens with zero attached hydrogens (tertiary/aromatic N) is 2. The zero-order valence-electron chi connectivity index (χ0n) is 12.9. The van der Waals surface area contributed by atoms with Crippen LogP contribution in [0.5, 0.6) is 5.75 Å². The molecule has 118 valence electrons. The molecule has 3 rings (SSSR count). The number of rotatable bonds is 2. The molecule has 0 aliphatic heterocycles. The van der Waals surface area contributed by atoms with E-state index in [9.17, 15) is 10.4 Å². The van der Waals surface area contributed by atoms with Crippen LogP contribution in [0.4, 0.5) is 5.82 Å². The molecule has 0 saturated carbocycles. The molecule has 0 radical (unpaired) electrons. The molecule has 0 bridgehead atoms. The highest BCUT2D eigenvalue weighted by Gasteiger charge is 2.15. The Hall–Kier alpha value is -3.03. The van der Waals surface area contributed by atoms with Crippen LogP contribution in [0.25, 0.3) is 22.4 Å². The first-order valence-corrected chi connectivity index (χ1v) is 7.64. The number of halogens is 1. The number of hydrogen-bond acceptors (Lipinski definition) is 4. The van der Waals surface area contributed by atoms with Gasteiger partial charge in [-0.2, -0.15) is 5.26 Å². The molecular formula is C19H14ClN3O. The SMILES string of the molecule is Cc1ccc(O)c(-c2cc(-c3cccc(Cl)c3)c(C#N)c(N)n2)c1. The van der Waals surface area contributed by atoms with Crippen LogP contribution in [0.1, 0.15) is 11.1 Å². The van der Waals surface area contributed by atoms with Crippen LogP contribution in [-0.4, -0.2) is 10.1 Å². The second-order valence-corrected chi connectivity index (χ2v) is 5.89. The summed E-state index contributed by atoms with van der Waals surface area (Å²) in [5.41, 5.74) is 9.71. The molecule has 0 unspecified atom stereocenters. The van der Waals surface area contributed by atoms with Gasteiger partial charge in [-0.05, 0) is 42.8 Å². The molecule has 0 spiro atoms. The van der Waals surface area contributed by atoms with E-state index in [1.165, 1.54) is 0 Å². The van der Waals surface area contributed by atoms with Gasteiger partial charge in [0.1, 0.15) is 23.2 Å². The number of benzene rings is 2. The molecule has 24 heavy (non-hydrogen) atoms. The minimum Gasteiger partial charge on any atom is -0.507 e. The van der Waals surface area contributed by atoms with Crippen molar-refractivity contribution in [3.05, 3.63) is 64.7 Å². The Morgan fingerprint density at radius 2 is 1.92 bits per heavy atom. The number of aryl methyl sites for hydroxylation is 1. The third kappa shape index (κ3) is 2.90. The van der Waals surface area contributed by atoms with Gasteiger partial charge in [-0.3, -0.25) is 0 Å². The summed E-state index contributed by atoms with van der Waals surface area (Å²) >= 11 is 6.06. The van der Waals surface area contributed by atoms with E-state index in [0.29, 0.717) is 21.8 Å². The second kappa shape index (κ2) is 6.23. The second-order valence-electron chi connectivity index (χ2n) is 5.46. The van der Waals surface area contributed by atoms with Crippen molar-refractivity contribution in [3.8, 4) is 34.2 Å². The molecular weight excluding hydrogens is 322 g/mol. The predicted molar refractivity (Wildman–Crippen MR) is 95.6 cm³/mol. The maximum atomic E-state index is 10.1. The minimum absolute atomic E-state index is 0.106. The van der Waals surface area contributed by atoms with Crippen molar-refractivity contribution in [3.63, 3.8) is 0 Å². The highest BCUT2D eigenvalue weighted by Crippen LogP contribution is 2.35. The van der Waals surface area contributed by atoms with Gasteiger partial charge < -0.3 is 10.8 Å². The highest BCUT2D eigenvalue weighted by molar-refractivity contribution is 6.30. The number of anilines is 1. The number of phenolic OH excluding ortho intramolecular Hbond substituents is 1. The first-order valence-electron chi connectivity index (χ1n) is 7.26. The zero-order valence-corrected chi connectivity index (χ0v) is 13.7. The van der Waals surface area contributed by atoms with E-state index in [1.807, 2.05) is 25.1 Å². The molecule has 0 aliphatic rings. The van der Waals surface area contributed by atoms with Crippen molar-refractivity contribution < 1.29 is 5.11 Å². The van der Waals surface area contributed by atoms with Crippen molar-refractivity contribution >= 4 is 17.4 Å². The summed E-state index contributed by atoms with van der Waals surface area (Å²) in [5, 5.41) is 20.1. The molecule has 0 fully saturated rings. The lowest BCUT2D eigenvalue weighted by Gasteiger charge is -2.12. The van der Waals surface area contributed by atoms with Crippen LogP contribution in [0.3, 0.4) is 0 Å². The number of hydrogen-bond donors (Lipinski definition) is 2. The molecule has 0 aliphatic carbocycles. The lowest BCUT2D eigenvalue weighted by Crippen LogP contribution is -2.00. The largest absolute Gasteiger partial charge is 0.507 e. The average molecular weight is 336 g/mol. The number of pyridine rings is 1. The van der Waals surface area contributed by atoms with Gasteiger partial charge in [-0.25, -0.2) is 4.98 Å².